The number of aliphatic hydroxyl groups excluding tert-OH is 1. The first kappa shape index (κ1) is 22.0. The van der Waals surface area contributed by atoms with E-state index in [0.717, 1.165) is 31.2 Å². The molecule has 0 spiro atoms. The van der Waals surface area contributed by atoms with E-state index in [1.807, 2.05) is 6.92 Å². The maximum atomic E-state index is 12.6. The lowest BCUT2D eigenvalue weighted by Crippen LogP contribution is -2.49. The van der Waals surface area contributed by atoms with Crippen LogP contribution >= 0.6 is 0 Å². The third-order valence-electron chi connectivity index (χ3n) is 5.44. The van der Waals surface area contributed by atoms with Gasteiger partial charge in [0.15, 0.2) is 0 Å². The molecule has 1 aliphatic heterocycles. The number of nitrogens with one attached hydrogen (secondary N) is 2. The van der Waals surface area contributed by atoms with Crippen LogP contribution in [-0.2, 0) is 19.6 Å². The molecule has 0 bridgehead atoms. The van der Waals surface area contributed by atoms with Gasteiger partial charge in [-0.1, -0.05) is 49.1 Å². The van der Waals surface area contributed by atoms with Crippen molar-refractivity contribution >= 4 is 15.9 Å². The smallest absolute Gasteiger partial charge is 0.241 e. The zero-order valence-corrected chi connectivity index (χ0v) is 17.5. The van der Waals surface area contributed by atoms with Crippen LogP contribution in [0.25, 0.3) is 0 Å². The summed E-state index contributed by atoms with van der Waals surface area (Å²) in [7, 11) is -3.75. The van der Waals surface area contributed by atoms with Gasteiger partial charge in [0.25, 0.3) is 0 Å². The molecule has 29 heavy (non-hydrogen) atoms. The summed E-state index contributed by atoms with van der Waals surface area (Å²) in [4.78, 5) is 12.5. The van der Waals surface area contributed by atoms with Gasteiger partial charge in [0.05, 0.1) is 30.1 Å². The van der Waals surface area contributed by atoms with Crippen LogP contribution in [0.1, 0.15) is 44.1 Å². The topological polar surface area (TPSA) is 105 Å². The zero-order valence-electron chi connectivity index (χ0n) is 16.7. The Hall–Kier alpha value is -1.74. The molecule has 1 aliphatic carbocycles. The maximum Gasteiger partial charge on any atom is 0.241 e. The van der Waals surface area contributed by atoms with E-state index in [0.29, 0.717) is 0 Å². The van der Waals surface area contributed by atoms with Crippen LogP contribution in [0.4, 0.5) is 0 Å². The molecular formula is C21H30N2O5S. The van der Waals surface area contributed by atoms with Crippen molar-refractivity contribution in [1.82, 2.24) is 10.0 Å². The number of ether oxygens (including phenoxy) is 1. The normalized spacial score (nSPS) is 25.7. The highest BCUT2D eigenvalue weighted by Gasteiger charge is 2.31. The van der Waals surface area contributed by atoms with Crippen molar-refractivity contribution in [1.29, 1.82) is 0 Å². The summed E-state index contributed by atoms with van der Waals surface area (Å²) in [6.07, 6.45) is 7.78. The quantitative estimate of drug-likeness (QED) is 0.581. The molecule has 1 fully saturated rings. The minimum atomic E-state index is -3.75. The van der Waals surface area contributed by atoms with Crippen LogP contribution < -0.4 is 10.0 Å². The second-order valence-corrected chi connectivity index (χ2v) is 9.56. The Labute approximate surface area is 172 Å². The molecule has 3 rings (SSSR count). The molecule has 0 unspecified atom stereocenters. The molecule has 1 heterocycles. The largest absolute Gasteiger partial charge is 0.394 e. The molecule has 7 nitrogen and oxygen atoms in total. The number of sulfonamides is 1. The first-order valence-electron chi connectivity index (χ1n) is 10.2. The lowest BCUT2D eigenvalue weighted by molar-refractivity contribution is -0.126. The van der Waals surface area contributed by atoms with Gasteiger partial charge in [0.1, 0.15) is 6.10 Å². The Morgan fingerprint density at radius 1 is 1.14 bits per heavy atom. The Bertz CT molecular complexity index is 816. The number of aryl methyl sites for hydroxylation is 1. The van der Waals surface area contributed by atoms with Crippen molar-refractivity contribution in [3.05, 3.63) is 42.0 Å². The molecular weight excluding hydrogens is 392 g/mol. The van der Waals surface area contributed by atoms with Crippen LogP contribution in [0.5, 0.6) is 0 Å². The average Bonchev–Trinajstić information content (AvgIpc) is 2.70. The van der Waals surface area contributed by atoms with Crippen molar-refractivity contribution < 1.29 is 23.1 Å². The molecule has 0 radical (unpaired) electrons. The van der Waals surface area contributed by atoms with E-state index in [9.17, 15) is 18.3 Å². The number of rotatable bonds is 7. The zero-order chi connectivity index (χ0) is 20.9. The van der Waals surface area contributed by atoms with Crippen LogP contribution in [0, 0.1) is 6.92 Å². The van der Waals surface area contributed by atoms with Gasteiger partial charge in [-0.3, -0.25) is 4.79 Å². The third kappa shape index (κ3) is 6.12. The molecule has 160 valence electrons. The summed E-state index contributed by atoms with van der Waals surface area (Å²) in [5.74, 6) is -0.0816. The van der Waals surface area contributed by atoms with Gasteiger partial charge in [-0.15, -0.1) is 0 Å². The number of hydrogen-bond donors (Lipinski definition) is 3. The van der Waals surface area contributed by atoms with Gasteiger partial charge in [-0.25, -0.2) is 13.1 Å². The molecule has 0 saturated heterocycles. The lowest BCUT2D eigenvalue weighted by Gasteiger charge is -2.32. The minimum absolute atomic E-state index is 0.0816. The number of hydrogen-bond acceptors (Lipinski definition) is 5. The fourth-order valence-corrected chi connectivity index (χ4v) is 5.01. The van der Waals surface area contributed by atoms with E-state index in [1.54, 1.807) is 24.3 Å². The SMILES string of the molecule is Cc1ccc(S(=O)(=O)N[C@@H]2C=C[C@@H](CC(=O)NC3CCCCC3)O[C@@H]2CO)cc1. The third-order valence-corrected chi connectivity index (χ3v) is 6.92. The highest BCUT2D eigenvalue weighted by molar-refractivity contribution is 7.89. The monoisotopic (exact) mass is 422 g/mol. The molecule has 1 aromatic carbocycles. The first-order valence-corrected chi connectivity index (χ1v) is 11.7. The molecule has 3 N–H and O–H groups in total. The first-order chi connectivity index (χ1) is 13.9. The summed E-state index contributed by atoms with van der Waals surface area (Å²) in [6, 6.07) is 6.06. The highest BCUT2D eigenvalue weighted by atomic mass is 32.2. The molecule has 0 aromatic heterocycles. The summed E-state index contributed by atoms with van der Waals surface area (Å²) in [5.41, 5.74) is 0.965. The van der Waals surface area contributed by atoms with E-state index in [4.69, 9.17) is 4.74 Å². The Balaban J connectivity index is 1.59. The second kappa shape index (κ2) is 9.84. The van der Waals surface area contributed by atoms with E-state index in [-0.39, 0.29) is 29.9 Å². The molecule has 1 saturated carbocycles. The van der Waals surface area contributed by atoms with E-state index in [1.165, 1.54) is 18.6 Å². The average molecular weight is 423 g/mol. The Kier molecular flexibility index (Phi) is 7.45. The van der Waals surface area contributed by atoms with Crippen molar-refractivity contribution in [2.75, 3.05) is 6.61 Å². The van der Waals surface area contributed by atoms with Gasteiger partial charge in [0, 0.05) is 6.04 Å². The number of aliphatic hydroxyl groups is 1. The maximum absolute atomic E-state index is 12.6. The fraction of sp³-hybridized carbons (Fsp3) is 0.571. The fourth-order valence-electron chi connectivity index (χ4n) is 3.79. The van der Waals surface area contributed by atoms with Crippen LogP contribution in [0.2, 0.25) is 0 Å². The standard InChI is InChI=1S/C21H30N2O5S/c1-15-7-10-18(11-8-15)29(26,27)23-19-12-9-17(28-20(19)14-24)13-21(25)22-16-5-3-2-4-6-16/h7-12,16-17,19-20,23-24H,2-6,13-14H2,1H3,(H,22,25)/t17-,19+,20+/m0/s1. The highest BCUT2D eigenvalue weighted by Crippen LogP contribution is 2.20. The van der Waals surface area contributed by atoms with E-state index >= 15 is 0 Å². The molecule has 3 atom stereocenters. The summed E-state index contributed by atoms with van der Waals surface area (Å²) >= 11 is 0. The van der Waals surface area contributed by atoms with Gasteiger partial charge >= 0.3 is 0 Å². The number of amides is 1. The summed E-state index contributed by atoms with van der Waals surface area (Å²) < 4.78 is 33.6. The van der Waals surface area contributed by atoms with Gasteiger partial charge in [-0.2, -0.15) is 0 Å². The Morgan fingerprint density at radius 3 is 2.48 bits per heavy atom. The minimum Gasteiger partial charge on any atom is -0.394 e. The predicted octanol–water partition coefficient (Wildman–Crippen LogP) is 1.80. The molecule has 2 aliphatic rings. The second-order valence-electron chi connectivity index (χ2n) is 7.85. The van der Waals surface area contributed by atoms with Crippen molar-refractivity contribution in [3.8, 4) is 0 Å². The van der Waals surface area contributed by atoms with E-state index in [2.05, 4.69) is 10.0 Å². The number of carbonyl (C=O) groups excluding carboxylic acids is 1. The van der Waals surface area contributed by atoms with Crippen LogP contribution in [0.3, 0.4) is 0 Å². The molecule has 1 amide bonds. The van der Waals surface area contributed by atoms with Crippen molar-refractivity contribution in [2.24, 2.45) is 0 Å². The van der Waals surface area contributed by atoms with Gasteiger partial charge < -0.3 is 15.2 Å². The molecule has 8 heteroatoms. The number of benzene rings is 1. The van der Waals surface area contributed by atoms with Crippen molar-refractivity contribution in [2.45, 2.75) is 74.6 Å². The lowest BCUT2D eigenvalue weighted by atomic mass is 9.95. The van der Waals surface area contributed by atoms with Crippen LogP contribution in [-0.4, -0.2) is 50.3 Å². The van der Waals surface area contributed by atoms with E-state index < -0.39 is 28.3 Å². The Morgan fingerprint density at radius 2 is 1.83 bits per heavy atom. The van der Waals surface area contributed by atoms with Crippen molar-refractivity contribution in [3.63, 3.8) is 0 Å². The summed E-state index contributed by atoms with van der Waals surface area (Å²) in [6.45, 7) is 1.53. The van der Waals surface area contributed by atoms with Crippen LogP contribution in [0.15, 0.2) is 41.3 Å². The predicted molar refractivity (Wildman–Crippen MR) is 110 cm³/mol. The molecule has 1 aromatic rings. The summed E-state index contributed by atoms with van der Waals surface area (Å²) in [5, 5.41) is 12.7. The van der Waals surface area contributed by atoms with Gasteiger partial charge in [0.2, 0.25) is 15.9 Å². The van der Waals surface area contributed by atoms with Gasteiger partial charge in [-0.05, 0) is 31.9 Å². The number of carbonyl (C=O) groups is 1.